The van der Waals surface area contributed by atoms with Crippen molar-refractivity contribution >= 4 is 29.9 Å². The molecule has 1 N–H and O–H groups in total. The number of carbonyl (C=O) groups excluding carboxylic acids is 1. The molecule has 0 bridgehead atoms. The second-order valence-corrected chi connectivity index (χ2v) is 9.16. The van der Waals surface area contributed by atoms with E-state index in [0.29, 0.717) is 18.7 Å². The summed E-state index contributed by atoms with van der Waals surface area (Å²) >= 11 is 0. The molecule has 0 unspecified atom stereocenters. The molecule has 0 radical (unpaired) electrons. The zero-order chi connectivity index (χ0) is 24.5. The lowest BCUT2D eigenvalue weighted by atomic mass is 10.0. The lowest BCUT2D eigenvalue weighted by molar-refractivity contribution is 0.0953. The SMILES string of the molecule is CN1C=C(CCNC(=O)c2ccc(CCCc3ccccc3OCc3ccccc3)cc2)N(C)C1.I. The van der Waals surface area contributed by atoms with Crippen molar-refractivity contribution < 1.29 is 9.53 Å². The highest BCUT2D eigenvalue weighted by atomic mass is 127. The van der Waals surface area contributed by atoms with Gasteiger partial charge in [0.25, 0.3) is 5.91 Å². The van der Waals surface area contributed by atoms with Gasteiger partial charge in [-0.05, 0) is 54.2 Å². The predicted octanol–water partition coefficient (Wildman–Crippen LogP) is 5.85. The van der Waals surface area contributed by atoms with Gasteiger partial charge in [0, 0.05) is 44.5 Å². The van der Waals surface area contributed by atoms with E-state index in [2.05, 4.69) is 71.8 Å². The van der Waals surface area contributed by atoms with Crippen molar-refractivity contribution in [2.24, 2.45) is 0 Å². The second-order valence-electron chi connectivity index (χ2n) is 9.16. The van der Waals surface area contributed by atoms with Crippen LogP contribution in [0.25, 0.3) is 0 Å². The molecule has 1 aliphatic heterocycles. The molecule has 3 aromatic rings. The topological polar surface area (TPSA) is 44.8 Å². The molecule has 0 saturated carbocycles. The molecule has 0 aliphatic carbocycles. The molecule has 0 atom stereocenters. The van der Waals surface area contributed by atoms with E-state index in [1.165, 1.54) is 22.4 Å². The molecule has 1 amide bonds. The Bertz CT molecular complexity index is 1130. The van der Waals surface area contributed by atoms with Crippen LogP contribution < -0.4 is 10.1 Å². The minimum atomic E-state index is -0.0179. The van der Waals surface area contributed by atoms with Crippen LogP contribution in [-0.2, 0) is 19.4 Å². The number of amides is 1. The van der Waals surface area contributed by atoms with Crippen LogP contribution in [0, 0.1) is 0 Å². The number of ether oxygens (including phenoxy) is 1. The van der Waals surface area contributed by atoms with E-state index in [4.69, 9.17) is 4.74 Å². The summed E-state index contributed by atoms with van der Waals surface area (Å²) in [5.41, 5.74) is 5.59. The summed E-state index contributed by atoms with van der Waals surface area (Å²) in [6.45, 7) is 2.11. The van der Waals surface area contributed by atoms with E-state index in [0.717, 1.165) is 38.1 Å². The van der Waals surface area contributed by atoms with Crippen molar-refractivity contribution in [2.45, 2.75) is 32.3 Å². The molecule has 0 fully saturated rings. The van der Waals surface area contributed by atoms with Crippen molar-refractivity contribution in [2.75, 3.05) is 27.3 Å². The number of rotatable bonds is 11. The summed E-state index contributed by atoms with van der Waals surface area (Å²) in [4.78, 5) is 16.9. The maximum Gasteiger partial charge on any atom is 0.251 e. The zero-order valence-electron chi connectivity index (χ0n) is 21.2. The molecular weight excluding hydrogens is 561 g/mol. The van der Waals surface area contributed by atoms with Crippen LogP contribution in [0.4, 0.5) is 0 Å². The Kier molecular flexibility index (Phi) is 10.7. The summed E-state index contributed by atoms with van der Waals surface area (Å²) in [6, 6.07) is 26.5. The second kappa shape index (κ2) is 13.9. The zero-order valence-corrected chi connectivity index (χ0v) is 23.5. The third-order valence-electron chi connectivity index (χ3n) is 6.30. The molecule has 3 aromatic carbocycles. The smallest absolute Gasteiger partial charge is 0.251 e. The number of nitrogens with one attached hydrogen (secondary N) is 1. The molecule has 0 aromatic heterocycles. The number of halogens is 1. The number of hydrogen-bond acceptors (Lipinski definition) is 4. The summed E-state index contributed by atoms with van der Waals surface area (Å²) in [7, 11) is 4.13. The van der Waals surface area contributed by atoms with Gasteiger partial charge in [-0.15, -0.1) is 24.0 Å². The summed E-state index contributed by atoms with van der Waals surface area (Å²) in [5.74, 6) is 0.935. The van der Waals surface area contributed by atoms with Crippen LogP contribution in [0.15, 0.2) is 90.8 Å². The monoisotopic (exact) mass is 597 g/mol. The van der Waals surface area contributed by atoms with Gasteiger partial charge in [0.1, 0.15) is 12.4 Å². The van der Waals surface area contributed by atoms with Crippen molar-refractivity contribution in [1.29, 1.82) is 0 Å². The van der Waals surface area contributed by atoms with Gasteiger partial charge in [-0.1, -0.05) is 60.7 Å². The average molecular weight is 598 g/mol. The van der Waals surface area contributed by atoms with Gasteiger partial charge in [-0.25, -0.2) is 0 Å². The van der Waals surface area contributed by atoms with Crippen LogP contribution in [0.2, 0.25) is 0 Å². The first-order chi connectivity index (χ1) is 17.1. The summed E-state index contributed by atoms with van der Waals surface area (Å²) in [6.07, 6.45) is 5.90. The number of para-hydroxylation sites is 1. The minimum Gasteiger partial charge on any atom is -0.489 e. The fraction of sp³-hybridized carbons (Fsp3) is 0.300. The highest BCUT2D eigenvalue weighted by Crippen LogP contribution is 2.22. The molecule has 0 spiro atoms. The molecule has 1 heterocycles. The first kappa shape index (κ1) is 27.6. The normalized spacial score (nSPS) is 12.7. The van der Waals surface area contributed by atoms with Gasteiger partial charge in [-0.2, -0.15) is 0 Å². The summed E-state index contributed by atoms with van der Waals surface area (Å²) < 4.78 is 6.09. The fourth-order valence-electron chi connectivity index (χ4n) is 4.37. The van der Waals surface area contributed by atoms with Gasteiger partial charge in [0.15, 0.2) is 0 Å². The number of nitrogens with zero attached hydrogens (tertiary/aromatic N) is 2. The van der Waals surface area contributed by atoms with Gasteiger partial charge >= 0.3 is 0 Å². The van der Waals surface area contributed by atoms with Gasteiger partial charge in [0.05, 0.1) is 6.67 Å². The molecular formula is C30H36IN3O2. The van der Waals surface area contributed by atoms with E-state index in [9.17, 15) is 4.79 Å². The standard InChI is InChI=1S/C30H35N3O2.HI/c1-32-21-28(33(2)23-32)19-20-31-30(34)27-17-15-24(16-18-27)11-8-13-26-12-6-7-14-29(26)35-22-25-9-4-3-5-10-25;/h3-7,9-10,12,14-18,21H,8,11,13,19-20,22-23H2,1-2H3,(H,31,34);1H. The van der Waals surface area contributed by atoms with Crippen LogP contribution >= 0.6 is 24.0 Å². The van der Waals surface area contributed by atoms with Crippen LogP contribution in [0.3, 0.4) is 0 Å². The quantitative estimate of drug-likeness (QED) is 0.282. The molecule has 36 heavy (non-hydrogen) atoms. The van der Waals surface area contributed by atoms with E-state index in [1.807, 2.05) is 42.5 Å². The van der Waals surface area contributed by atoms with Gasteiger partial charge < -0.3 is 19.9 Å². The van der Waals surface area contributed by atoms with Crippen molar-refractivity contribution in [3.05, 3.63) is 113 Å². The Hall–Kier alpha value is -3.00. The molecule has 190 valence electrons. The molecule has 6 heteroatoms. The Morgan fingerprint density at radius 3 is 2.31 bits per heavy atom. The molecule has 4 rings (SSSR count). The lowest BCUT2D eigenvalue weighted by Gasteiger charge is -2.16. The predicted molar refractivity (Wildman–Crippen MR) is 157 cm³/mol. The Morgan fingerprint density at radius 2 is 1.58 bits per heavy atom. The number of benzene rings is 3. The average Bonchev–Trinajstić information content (AvgIpc) is 3.21. The van der Waals surface area contributed by atoms with Crippen molar-refractivity contribution in [3.8, 4) is 5.75 Å². The Morgan fingerprint density at radius 1 is 0.861 bits per heavy atom. The highest BCUT2D eigenvalue weighted by molar-refractivity contribution is 14.0. The Labute approximate surface area is 232 Å². The molecule has 0 saturated heterocycles. The van der Waals surface area contributed by atoms with E-state index in [1.54, 1.807) is 0 Å². The number of aryl methyl sites for hydroxylation is 2. The van der Waals surface area contributed by atoms with Crippen LogP contribution in [0.1, 0.15) is 39.9 Å². The maximum atomic E-state index is 12.5. The summed E-state index contributed by atoms with van der Waals surface area (Å²) in [5, 5.41) is 3.04. The lowest BCUT2D eigenvalue weighted by Crippen LogP contribution is -2.26. The van der Waals surface area contributed by atoms with Crippen LogP contribution in [0.5, 0.6) is 5.75 Å². The van der Waals surface area contributed by atoms with E-state index < -0.39 is 0 Å². The third-order valence-corrected chi connectivity index (χ3v) is 6.30. The molecule has 1 aliphatic rings. The fourth-order valence-corrected chi connectivity index (χ4v) is 4.37. The largest absolute Gasteiger partial charge is 0.489 e. The number of hydrogen-bond donors (Lipinski definition) is 1. The van der Waals surface area contributed by atoms with Gasteiger partial charge in [-0.3, -0.25) is 4.79 Å². The van der Waals surface area contributed by atoms with Crippen LogP contribution in [-0.4, -0.2) is 43.0 Å². The molecule has 5 nitrogen and oxygen atoms in total. The van der Waals surface area contributed by atoms with E-state index in [-0.39, 0.29) is 29.9 Å². The third kappa shape index (κ3) is 8.01. The Balaban J connectivity index is 0.00000361. The minimum absolute atomic E-state index is 0. The van der Waals surface area contributed by atoms with Crippen molar-refractivity contribution in [3.63, 3.8) is 0 Å². The highest BCUT2D eigenvalue weighted by Gasteiger charge is 2.14. The van der Waals surface area contributed by atoms with E-state index >= 15 is 0 Å². The van der Waals surface area contributed by atoms with Crippen molar-refractivity contribution in [1.82, 2.24) is 15.1 Å². The first-order valence-electron chi connectivity index (χ1n) is 12.3. The number of carbonyl (C=O) groups is 1. The first-order valence-corrected chi connectivity index (χ1v) is 12.3. The van der Waals surface area contributed by atoms with Gasteiger partial charge in [0.2, 0.25) is 0 Å². The maximum absolute atomic E-state index is 12.5.